The first kappa shape index (κ1) is 22.1. The summed E-state index contributed by atoms with van der Waals surface area (Å²) >= 11 is 1.58. The number of thioether (sulfide) groups is 1. The van der Waals surface area contributed by atoms with Crippen LogP contribution in [0.3, 0.4) is 0 Å². The smallest absolute Gasteiger partial charge is 0.227 e. The van der Waals surface area contributed by atoms with Crippen molar-refractivity contribution in [2.45, 2.75) is 37.2 Å². The number of methoxy groups -OCH3 is 1. The summed E-state index contributed by atoms with van der Waals surface area (Å²) in [5.74, 6) is 0.394. The fraction of sp³-hybridized carbons (Fsp3) is 0.364. The third-order valence-electron chi connectivity index (χ3n) is 4.99. The second-order valence-electron chi connectivity index (χ2n) is 7.22. The van der Waals surface area contributed by atoms with E-state index in [1.165, 1.54) is 12.1 Å². The summed E-state index contributed by atoms with van der Waals surface area (Å²) in [6.45, 7) is 2.21. The van der Waals surface area contributed by atoms with Gasteiger partial charge in [-0.2, -0.15) is 0 Å². The Balaban J connectivity index is 1.46. The van der Waals surface area contributed by atoms with Crippen molar-refractivity contribution in [1.82, 2.24) is 16.0 Å². The van der Waals surface area contributed by atoms with Gasteiger partial charge >= 0.3 is 0 Å². The molecule has 1 heterocycles. The average molecular weight is 432 g/mol. The summed E-state index contributed by atoms with van der Waals surface area (Å²) < 4.78 is 18.2. The van der Waals surface area contributed by atoms with Crippen LogP contribution < -0.4 is 20.7 Å². The predicted molar refractivity (Wildman–Crippen MR) is 115 cm³/mol. The van der Waals surface area contributed by atoms with Gasteiger partial charge < -0.3 is 15.4 Å². The van der Waals surface area contributed by atoms with Crippen LogP contribution in [0.1, 0.15) is 24.5 Å². The zero-order valence-corrected chi connectivity index (χ0v) is 17.8. The quantitative estimate of drug-likeness (QED) is 0.599. The lowest BCUT2D eigenvalue weighted by Gasteiger charge is -2.35. The van der Waals surface area contributed by atoms with Crippen molar-refractivity contribution in [3.63, 3.8) is 0 Å². The molecule has 3 rings (SSSR count). The fourth-order valence-corrected chi connectivity index (χ4v) is 4.28. The molecule has 1 aliphatic heterocycles. The zero-order chi connectivity index (χ0) is 21.5. The standard InChI is InChI=1S/C22H26FN3O3S/c1-14-19(11-20(27)24-12-15-6-8-17(23)9-7-15)21(28)26-22(25-14)30-13-16-4-3-5-18(10-16)29-2/h3-10,14,19,22,25H,11-13H2,1-2H3,(H,24,27)(H,26,28). The molecule has 0 aliphatic carbocycles. The van der Waals surface area contributed by atoms with Gasteiger partial charge in [0.15, 0.2) is 0 Å². The van der Waals surface area contributed by atoms with Crippen molar-refractivity contribution >= 4 is 23.6 Å². The lowest BCUT2D eigenvalue weighted by Crippen LogP contribution is -2.59. The number of rotatable bonds is 8. The number of hydrogen-bond acceptors (Lipinski definition) is 5. The molecular formula is C22H26FN3O3S. The molecule has 3 unspecified atom stereocenters. The van der Waals surface area contributed by atoms with Crippen molar-refractivity contribution in [3.05, 3.63) is 65.5 Å². The van der Waals surface area contributed by atoms with Crippen molar-refractivity contribution < 1.29 is 18.7 Å². The number of carbonyl (C=O) groups excluding carboxylic acids is 2. The number of nitrogens with one attached hydrogen (secondary N) is 3. The first-order chi connectivity index (χ1) is 14.4. The highest BCUT2D eigenvalue weighted by Crippen LogP contribution is 2.23. The highest BCUT2D eigenvalue weighted by atomic mass is 32.2. The van der Waals surface area contributed by atoms with Gasteiger partial charge in [-0.25, -0.2) is 4.39 Å². The third kappa shape index (κ3) is 6.21. The molecule has 6 nitrogen and oxygen atoms in total. The average Bonchev–Trinajstić information content (AvgIpc) is 2.74. The molecule has 0 bridgehead atoms. The van der Waals surface area contributed by atoms with E-state index in [2.05, 4.69) is 16.0 Å². The van der Waals surface area contributed by atoms with Crippen LogP contribution >= 0.6 is 11.8 Å². The lowest BCUT2D eigenvalue weighted by molar-refractivity contribution is -0.133. The molecule has 0 aromatic heterocycles. The molecule has 1 fully saturated rings. The van der Waals surface area contributed by atoms with E-state index in [1.807, 2.05) is 31.2 Å². The maximum absolute atomic E-state index is 13.0. The molecular weight excluding hydrogens is 405 g/mol. The van der Waals surface area contributed by atoms with Gasteiger partial charge in [0.05, 0.1) is 13.0 Å². The first-order valence-corrected chi connectivity index (χ1v) is 10.8. The van der Waals surface area contributed by atoms with E-state index in [0.717, 1.165) is 16.9 Å². The molecule has 8 heteroatoms. The van der Waals surface area contributed by atoms with Crippen molar-refractivity contribution in [2.24, 2.45) is 5.92 Å². The maximum Gasteiger partial charge on any atom is 0.227 e. The Morgan fingerprint density at radius 1 is 1.20 bits per heavy atom. The Bertz CT molecular complexity index is 878. The minimum absolute atomic E-state index is 0.0917. The van der Waals surface area contributed by atoms with Crippen LogP contribution in [-0.2, 0) is 21.9 Å². The number of amides is 2. The van der Waals surface area contributed by atoms with Gasteiger partial charge in [0.25, 0.3) is 0 Å². The molecule has 2 aromatic rings. The molecule has 2 amide bonds. The van der Waals surface area contributed by atoms with Crippen LogP contribution in [0.5, 0.6) is 5.75 Å². The molecule has 3 atom stereocenters. The molecule has 0 saturated carbocycles. The minimum Gasteiger partial charge on any atom is -0.497 e. The third-order valence-corrected chi connectivity index (χ3v) is 6.07. The summed E-state index contributed by atoms with van der Waals surface area (Å²) in [4.78, 5) is 24.9. The largest absolute Gasteiger partial charge is 0.497 e. The number of hydrogen-bond donors (Lipinski definition) is 3. The molecule has 3 N–H and O–H groups in total. The van der Waals surface area contributed by atoms with Gasteiger partial charge in [0.1, 0.15) is 17.1 Å². The summed E-state index contributed by atoms with van der Waals surface area (Å²) in [5.41, 5.74) is 1.68. The summed E-state index contributed by atoms with van der Waals surface area (Å²) in [6, 6.07) is 13.6. The molecule has 2 aromatic carbocycles. The zero-order valence-electron chi connectivity index (χ0n) is 17.0. The van der Waals surface area contributed by atoms with Crippen LogP contribution in [0.4, 0.5) is 4.39 Å². The molecule has 160 valence electrons. The van der Waals surface area contributed by atoms with Gasteiger partial charge in [0, 0.05) is 24.8 Å². The van der Waals surface area contributed by atoms with E-state index >= 15 is 0 Å². The minimum atomic E-state index is -0.452. The Kier molecular flexibility index (Phi) is 7.70. The van der Waals surface area contributed by atoms with E-state index in [9.17, 15) is 14.0 Å². The number of ether oxygens (including phenoxy) is 1. The molecule has 1 aliphatic rings. The summed E-state index contributed by atoms with van der Waals surface area (Å²) in [7, 11) is 1.63. The van der Waals surface area contributed by atoms with Crippen LogP contribution in [0, 0.1) is 11.7 Å². The number of benzene rings is 2. The topological polar surface area (TPSA) is 79.5 Å². The highest BCUT2D eigenvalue weighted by molar-refractivity contribution is 7.99. The number of carbonyl (C=O) groups is 2. The van der Waals surface area contributed by atoms with E-state index in [-0.39, 0.29) is 35.6 Å². The van der Waals surface area contributed by atoms with Crippen LogP contribution in [0.2, 0.25) is 0 Å². The monoisotopic (exact) mass is 431 g/mol. The highest BCUT2D eigenvalue weighted by Gasteiger charge is 2.34. The van der Waals surface area contributed by atoms with E-state index in [0.29, 0.717) is 12.3 Å². The van der Waals surface area contributed by atoms with E-state index in [1.54, 1.807) is 31.0 Å². The fourth-order valence-electron chi connectivity index (χ4n) is 3.24. The lowest BCUT2D eigenvalue weighted by atomic mass is 9.94. The summed E-state index contributed by atoms with van der Waals surface area (Å²) in [5, 5.41) is 9.09. The SMILES string of the molecule is COc1cccc(CSC2NC(=O)C(CC(=O)NCc3ccc(F)cc3)C(C)N2)c1. The van der Waals surface area contributed by atoms with Gasteiger partial charge in [-0.1, -0.05) is 24.3 Å². The van der Waals surface area contributed by atoms with Gasteiger partial charge in [-0.3, -0.25) is 14.9 Å². The Morgan fingerprint density at radius 2 is 1.97 bits per heavy atom. The van der Waals surface area contributed by atoms with Crippen molar-refractivity contribution in [2.75, 3.05) is 7.11 Å². The van der Waals surface area contributed by atoms with Crippen LogP contribution in [0.25, 0.3) is 0 Å². The van der Waals surface area contributed by atoms with Gasteiger partial charge in [-0.05, 0) is 42.3 Å². The van der Waals surface area contributed by atoms with Gasteiger partial charge in [0.2, 0.25) is 11.8 Å². The predicted octanol–water partition coefficient (Wildman–Crippen LogP) is 2.78. The maximum atomic E-state index is 13.0. The second-order valence-corrected chi connectivity index (χ2v) is 8.31. The van der Waals surface area contributed by atoms with Gasteiger partial charge in [-0.15, -0.1) is 11.8 Å². The van der Waals surface area contributed by atoms with Crippen LogP contribution in [0.15, 0.2) is 48.5 Å². The van der Waals surface area contributed by atoms with E-state index < -0.39 is 5.92 Å². The first-order valence-electron chi connectivity index (χ1n) is 9.76. The number of halogens is 1. The summed E-state index contributed by atoms with van der Waals surface area (Å²) in [6.07, 6.45) is 0.0917. The molecule has 30 heavy (non-hydrogen) atoms. The molecule has 1 saturated heterocycles. The molecule has 0 spiro atoms. The Morgan fingerprint density at radius 3 is 2.67 bits per heavy atom. The van der Waals surface area contributed by atoms with Crippen molar-refractivity contribution in [3.8, 4) is 5.75 Å². The van der Waals surface area contributed by atoms with Crippen LogP contribution in [-0.4, -0.2) is 30.5 Å². The van der Waals surface area contributed by atoms with Crippen molar-refractivity contribution in [1.29, 1.82) is 0 Å². The Hall–Kier alpha value is -2.58. The normalized spacial score (nSPS) is 21.0. The molecule has 0 radical (unpaired) electrons. The Labute approximate surface area is 180 Å². The van der Waals surface area contributed by atoms with E-state index in [4.69, 9.17) is 4.74 Å². The second kappa shape index (κ2) is 10.4.